The van der Waals surface area contributed by atoms with Crippen LogP contribution in [0.1, 0.15) is 35.2 Å². The highest BCUT2D eigenvalue weighted by Gasteiger charge is 2.54. The number of hydrogen-bond acceptors (Lipinski definition) is 1. The van der Waals surface area contributed by atoms with Gasteiger partial charge in [0.15, 0.2) is 5.78 Å². The zero-order valence-corrected chi connectivity index (χ0v) is 10.9. The maximum absolute atomic E-state index is 12.9. The SMILES string of the molecule is O=C1c2cccc(Cl)c2CCC12CC1C=CC2C1. The van der Waals surface area contributed by atoms with Crippen LogP contribution in [0.25, 0.3) is 0 Å². The number of Topliss-reactive ketones (excluding diaryl/α,β-unsaturated/α-hetero) is 1. The zero-order chi connectivity index (χ0) is 12.3. The summed E-state index contributed by atoms with van der Waals surface area (Å²) in [5.41, 5.74) is 1.85. The summed E-state index contributed by atoms with van der Waals surface area (Å²) in [6.07, 6.45) is 8.75. The van der Waals surface area contributed by atoms with Gasteiger partial charge < -0.3 is 0 Å². The number of ketones is 1. The normalized spacial score (nSPS) is 36.4. The molecular formula is C16H15ClO. The second-order valence-corrected chi connectivity index (χ2v) is 6.35. The number of carbonyl (C=O) groups is 1. The number of fused-ring (bicyclic) bond motifs is 4. The van der Waals surface area contributed by atoms with Crippen molar-refractivity contribution in [1.29, 1.82) is 0 Å². The van der Waals surface area contributed by atoms with Crippen molar-refractivity contribution in [3.05, 3.63) is 46.5 Å². The molecule has 1 aromatic rings. The summed E-state index contributed by atoms with van der Waals surface area (Å²) in [7, 11) is 0. The Morgan fingerprint density at radius 3 is 2.89 bits per heavy atom. The van der Waals surface area contributed by atoms with Gasteiger partial charge in [-0.3, -0.25) is 4.79 Å². The summed E-state index contributed by atoms with van der Waals surface area (Å²) < 4.78 is 0. The molecule has 0 aromatic heterocycles. The number of allylic oxidation sites excluding steroid dienone is 2. The zero-order valence-electron chi connectivity index (χ0n) is 10.2. The lowest BCUT2D eigenvalue weighted by molar-refractivity contribution is 0.0702. The monoisotopic (exact) mass is 258 g/mol. The molecule has 2 bridgehead atoms. The number of hydrogen-bond donors (Lipinski definition) is 0. The number of rotatable bonds is 0. The van der Waals surface area contributed by atoms with Gasteiger partial charge in [0.1, 0.15) is 0 Å². The summed E-state index contributed by atoms with van der Waals surface area (Å²) in [6, 6.07) is 5.76. The average molecular weight is 259 g/mol. The second kappa shape index (κ2) is 3.48. The van der Waals surface area contributed by atoms with E-state index in [-0.39, 0.29) is 5.41 Å². The highest BCUT2D eigenvalue weighted by molar-refractivity contribution is 6.32. The summed E-state index contributed by atoms with van der Waals surface area (Å²) >= 11 is 6.22. The maximum Gasteiger partial charge on any atom is 0.169 e. The summed E-state index contributed by atoms with van der Waals surface area (Å²) in [4.78, 5) is 12.9. The van der Waals surface area contributed by atoms with Crippen LogP contribution in [0, 0.1) is 17.3 Å². The maximum atomic E-state index is 12.9. The molecule has 2 heteroatoms. The average Bonchev–Trinajstić information content (AvgIpc) is 2.96. The lowest BCUT2D eigenvalue weighted by atomic mass is 9.63. The third kappa shape index (κ3) is 1.21. The Balaban J connectivity index is 1.84. The topological polar surface area (TPSA) is 17.1 Å². The fourth-order valence-corrected chi connectivity index (χ4v) is 4.53. The van der Waals surface area contributed by atoms with E-state index in [9.17, 15) is 4.79 Å². The first kappa shape index (κ1) is 10.8. The van der Waals surface area contributed by atoms with Gasteiger partial charge in [-0.15, -0.1) is 0 Å². The molecular weight excluding hydrogens is 244 g/mol. The van der Waals surface area contributed by atoms with Crippen LogP contribution in [0.2, 0.25) is 5.02 Å². The van der Waals surface area contributed by atoms with Gasteiger partial charge in [0.2, 0.25) is 0 Å². The van der Waals surface area contributed by atoms with Crippen molar-refractivity contribution in [1.82, 2.24) is 0 Å². The van der Waals surface area contributed by atoms with Gasteiger partial charge in [-0.2, -0.15) is 0 Å². The van der Waals surface area contributed by atoms with E-state index >= 15 is 0 Å². The van der Waals surface area contributed by atoms with Crippen molar-refractivity contribution >= 4 is 17.4 Å². The second-order valence-electron chi connectivity index (χ2n) is 5.94. The van der Waals surface area contributed by atoms with Crippen LogP contribution in [0.3, 0.4) is 0 Å². The van der Waals surface area contributed by atoms with E-state index in [1.807, 2.05) is 18.2 Å². The molecule has 0 heterocycles. The van der Waals surface area contributed by atoms with Crippen molar-refractivity contribution < 1.29 is 4.79 Å². The smallest absolute Gasteiger partial charge is 0.169 e. The van der Waals surface area contributed by atoms with E-state index in [0.717, 1.165) is 35.4 Å². The molecule has 3 unspecified atom stereocenters. The van der Waals surface area contributed by atoms with E-state index in [1.54, 1.807) is 0 Å². The first-order valence-corrected chi connectivity index (χ1v) is 7.09. The Labute approximate surface area is 112 Å². The molecule has 18 heavy (non-hydrogen) atoms. The number of carbonyl (C=O) groups excluding carboxylic acids is 1. The number of halogens is 1. The minimum atomic E-state index is -0.100. The van der Waals surface area contributed by atoms with Gasteiger partial charge in [0.05, 0.1) is 0 Å². The van der Waals surface area contributed by atoms with Crippen LogP contribution in [0.5, 0.6) is 0 Å². The van der Waals surface area contributed by atoms with Gasteiger partial charge in [0, 0.05) is 16.0 Å². The van der Waals surface area contributed by atoms with E-state index in [2.05, 4.69) is 12.2 Å². The van der Waals surface area contributed by atoms with Crippen LogP contribution in [0.15, 0.2) is 30.4 Å². The molecule has 0 amide bonds. The predicted molar refractivity (Wildman–Crippen MR) is 71.9 cm³/mol. The summed E-state index contributed by atoms with van der Waals surface area (Å²) in [5.74, 6) is 1.46. The molecule has 0 saturated heterocycles. The van der Waals surface area contributed by atoms with Gasteiger partial charge in [-0.25, -0.2) is 0 Å². The lowest BCUT2D eigenvalue weighted by Crippen LogP contribution is -2.39. The Hall–Kier alpha value is -1.08. The Morgan fingerprint density at radius 1 is 1.28 bits per heavy atom. The van der Waals surface area contributed by atoms with Gasteiger partial charge >= 0.3 is 0 Å². The van der Waals surface area contributed by atoms with Crippen molar-refractivity contribution in [2.45, 2.75) is 25.7 Å². The highest BCUT2D eigenvalue weighted by Crippen LogP contribution is 2.57. The molecule has 1 fully saturated rings. The molecule has 0 N–H and O–H groups in total. The molecule has 3 atom stereocenters. The molecule has 1 aromatic carbocycles. The third-order valence-corrected chi connectivity index (χ3v) is 5.50. The van der Waals surface area contributed by atoms with Gasteiger partial charge in [-0.05, 0) is 49.1 Å². The van der Waals surface area contributed by atoms with Crippen molar-refractivity contribution in [3.63, 3.8) is 0 Å². The minimum absolute atomic E-state index is 0.100. The van der Waals surface area contributed by atoms with Crippen LogP contribution < -0.4 is 0 Å². The first-order chi connectivity index (χ1) is 8.71. The molecule has 3 aliphatic rings. The lowest BCUT2D eigenvalue weighted by Gasteiger charge is -2.38. The molecule has 4 rings (SSSR count). The standard InChI is InChI=1S/C16H15ClO/c17-14-3-1-2-13-12(14)6-7-16(15(13)18)9-10-4-5-11(16)8-10/h1-5,10-11H,6-9H2. The molecule has 0 aliphatic heterocycles. The van der Waals surface area contributed by atoms with E-state index in [4.69, 9.17) is 11.6 Å². The van der Waals surface area contributed by atoms with Crippen molar-refractivity contribution in [2.24, 2.45) is 17.3 Å². The molecule has 3 aliphatic carbocycles. The molecule has 92 valence electrons. The Morgan fingerprint density at radius 2 is 2.17 bits per heavy atom. The molecule has 1 spiro atoms. The summed E-state index contributed by atoms with van der Waals surface area (Å²) in [6.45, 7) is 0. The molecule has 0 radical (unpaired) electrons. The molecule has 1 saturated carbocycles. The first-order valence-electron chi connectivity index (χ1n) is 6.71. The van der Waals surface area contributed by atoms with E-state index < -0.39 is 0 Å². The third-order valence-electron chi connectivity index (χ3n) is 5.15. The van der Waals surface area contributed by atoms with Crippen LogP contribution >= 0.6 is 11.6 Å². The fraction of sp³-hybridized carbons (Fsp3) is 0.438. The summed E-state index contributed by atoms with van der Waals surface area (Å²) in [5, 5.41) is 0.759. The quantitative estimate of drug-likeness (QED) is 0.642. The van der Waals surface area contributed by atoms with Crippen LogP contribution in [-0.4, -0.2) is 5.78 Å². The van der Waals surface area contributed by atoms with Crippen molar-refractivity contribution in [2.75, 3.05) is 0 Å². The van der Waals surface area contributed by atoms with Crippen molar-refractivity contribution in [3.8, 4) is 0 Å². The van der Waals surface area contributed by atoms with E-state index in [0.29, 0.717) is 17.6 Å². The minimum Gasteiger partial charge on any atom is -0.294 e. The van der Waals surface area contributed by atoms with Crippen LogP contribution in [0.4, 0.5) is 0 Å². The highest BCUT2D eigenvalue weighted by atomic mass is 35.5. The largest absolute Gasteiger partial charge is 0.294 e. The van der Waals surface area contributed by atoms with Gasteiger partial charge in [-0.1, -0.05) is 35.9 Å². The van der Waals surface area contributed by atoms with Crippen LogP contribution in [-0.2, 0) is 6.42 Å². The van der Waals surface area contributed by atoms with E-state index in [1.165, 1.54) is 6.42 Å². The Kier molecular flexibility index (Phi) is 2.09. The van der Waals surface area contributed by atoms with Gasteiger partial charge in [0.25, 0.3) is 0 Å². The molecule has 1 nitrogen and oxygen atoms in total. The fourth-order valence-electron chi connectivity index (χ4n) is 4.26. The number of benzene rings is 1. The predicted octanol–water partition coefficient (Wildman–Crippen LogP) is 4.05. The Bertz CT molecular complexity index is 574.